The Kier molecular flexibility index (Phi) is 3.78. The Morgan fingerprint density at radius 2 is 2.05 bits per heavy atom. The third-order valence-electron chi connectivity index (χ3n) is 2.99. The minimum atomic E-state index is 0.0779. The third kappa shape index (κ3) is 3.05. The number of benzene rings is 1. The fourth-order valence-electron chi connectivity index (χ4n) is 1.99. The maximum atomic E-state index is 4.24. The van der Waals surface area contributed by atoms with Crippen molar-refractivity contribution in [3.8, 4) is 0 Å². The highest BCUT2D eigenvalue weighted by atomic mass is 32.1. The Balaban J connectivity index is 1.64. The third-order valence-corrected chi connectivity index (χ3v) is 3.93. The van der Waals surface area contributed by atoms with Gasteiger partial charge in [0.25, 0.3) is 0 Å². The van der Waals surface area contributed by atoms with Crippen molar-refractivity contribution in [2.75, 3.05) is 0 Å². The first-order valence-corrected chi connectivity index (χ1v) is 7.25. The van der Waals surface area contributed by atoms with Crippen LogP contribution in [0.3, 0.4) is 0 Å². The van der Waals surface area contributed by atoms with Crippen LogP contribution in [-0.2, 0) is 0 Å². The molecule has 1 aromatic carbocycles. The number of hydrogen-bond donors (Lipinski definition) is 0. The monoisotopic (exact) mass is 282 g/mol. The van der Waals surface area contributed by atoms with E-state index in [4.69, 9.17) is 0 Å². The Morgan fingerprint density at radius 1 is 1.20 bits per heavy atom. The lowest BCUT2D eigenvalue weighted by Gasteiger charge is -2.02. The Morgan fingerprint density at radius 3 is 2.80 bits per heavy atom. The molecule has 0 radical (unpaired) electrons. The smallest absolute Gasteiger partial charge is 0.175 e. The van der Waals surface area contributed by atoms with E-state index in [-0.39, 0.29) is 6.04 Å². The van der Waals surface area contributed by atoms with Crippen molar-refractivity contribution in [1.82, 2.24) is 0 Å². The molecule has 2 aromatic rings. The lowest BCUT2D eigenvalue weighted by atomic mass is 10.1. The molecule has 0 aliphatic carbocycles. The van der Waals surface area contributed by atoms with Crippen molar-refractivity contribution in [2.45, 2.75) is 19.4 Å². The highest BCUT2D eigenvalue weighted by Gasteiger charge is 2.19. The molecular formula is C15H14N4S. The van der Waals surface area contributed by atoms with E-state index < -0.39 is 0 Å². The number of aryl methyl sites for hydroxylation is 1. The van der Waals surface area contributed by atoms with Gasteiger partial charge >= 0.3 is 0 Å². The lowest BCUT2D eigenvalue weighted by molar-refractivity contribution is 0.773. The van der Waals surface area contributed by atoms with Gasteiger partial charge in [-0.25, -0.2) is 0 Å². The van der Waals surface area contributed by atoms with Gasteiger partial charge in [-0.15, -0.1) is 21.6 Å². The number of thiophene rings is 1. The average Bonchev–Trinajstić information content (AvgIpc) is 3.09. The van der Waals surface area contributed by atoms with E-state index >= 15 is 0 Å². The molecule has 0 unspecified atom stereocenters. The first-order valence-electron chi connectivity index (χ1n) is 6.43. The topological polar surface area (TPSA) is 49.4 Å². The number of rotatable bonds is 3. The summed E-state index contributed by atoms with van der Waals surface area (Å²) in [7, 11) is 0. The molecule has 3 rings (SSSR count). The van der Waals surface area contributed by atoms with Gasteiger partial charge in [-0.05, 0) is 24.6 Å². The van der Waals surface area contributed by atoms with Gasteiger partial charge in [0.15, 0.2) is 5.84 Å². The molecule has 0 bridgehead atoms. The number of nitrogens with zero attached hydrogens (tertiary/aromatic N) is 4. The normalized spacial score (nSPS) is 20.2. The summed E-state index contributed by atoms with van der Waals surface area (Å²) in [4.78, 5) is 2.37. The quantitative estimate of drug-likeness (QED) is 0.592. The van der Waals surface area contributed by atoms with E-state index in [1.807, 2.05) is 24.3 Å². The molecule has 0 N–H and O–H groups in total. The zero-order valence-corrected chi connectivity index (χ0v) is 11.9. The van der Waals surface area contributed by atoms with Crippen LogP contribution in [-0.4, -0.2) is 12.1 Å². The molecule has 0 spiro atoms. The van der Waals surface area contributed by atoms with Crippen LogP contribution in [0.1, 0.15) is 27.8 Å². The van der Waals surface area contributed by atoms with Gasteiger partial charge in [0.05, 0.1) is 6.21 Å². The molecule has 4 nitrogen and oxygen atoms in total. The average molecular weight is 282 g/mol. The van der Waals surface area contributed by atoms with E-state index in [0.717, 1.165) is 4.88 Å². The summed E-state index contributed by atoms with van der Waals surface area (Å²) in [5.74, 6) is 0.684. The Bertz CT molecular complexity index is 670. The SMILES string of the molecule is Cc1ccc(/C=N\N=C2\C[C@H](c3ccccc3)N=N2)s1. The van der Waals surface area contributed by atoms with Gasteiger partial charge in [0.2, 0.25) is 0 Å². The second-order valence-corrected chi connectivity index (χ2v) is 5.87. The van der Waals surface area contributed by atoms with Crippen molar-refractivity contribution >= 4 is 23.4 Å². The Labute approximate surface area is 121 Å². The van der Waals surface area contributed by atoms with E-state index in [2.05, 4.69) is 45.6 Å². The molecule has 5 heteroatoms. The van der Waals surface area contributed by atoms with Gasteiger partial charge in [-0.3, -0.25) is 0 Å². The fourth-order valence-corrected chi connectivity index (χ4v) is 2.73. The molecular weight excluding hydrogens is 268 g/mol. The molecule has 0 amide bonds. The van der Waals surface area contributed by atoms with E-state index in [9.17, 15) is 0 Å². The summed E-state index contributed by atoms with van der Waals surface area (Å²) in [5, 5.41) is 16.6. The van der Waals surface area contributed by atoms with Crippen LogP contribution < -0.4 is 0 Å². The van der Waals surface area contributed by atoms with Crippen LogP contribution in [0.25, 0.3) is 0 Å². The lowest BCUT2D eigenvalue weighted by Crippen LogP contribution is -1.95. The van der Waals surface area contributed by atoms with E-state index in [1.165, 1.54) is 10.4 Å². The number of hydrogen-bond acceptors (Lipinski definition) is 4. The van der Waals surface area contributed by atoms with Crippen molar-refractivity contribution in [1.29, 1.82) is 0 Å². The van der Waals surface area contributed by atoms with Gasteiger partial charge in [0, 0.05) is 16.2 Å². The zero-order valence-electron chi connectivity index (χ0n) is 11.1. The van der Waals surface area contributed by atoms with Gasteiger partial charge in [-0.1, -0.05) is 30.3 Å². The van der Waals surface area contributed by atoms with Crippen LogP contribution in [0, 0.1) is 6.92 Å². The van der Waals surface area contributed by atoms with E-state index in [1.54, 1.807) is 17.6 Å². The molecule has 1 aliphatic rings. The second kappa shape index (κ2) is 5.88. The number of azo groups is 1. The summed E-state index contributed by atoms with van der Waals surface area (Å²) < 4.78 is 0. The van der Waals surface area contributed by atoms with Crippen molar-refractivity contribution < 1.29 is 0 Å². The minimum Gasteiger partial charge on any atom is -0.179 e. The molecule has 1 aliphatic heterocycles. The van der Waals surface area contributed by atoms with Gasteiger partial charge in [0.1, 0.15) is 6.04 Å². The predicted molar refractivity (Wildman–Crippen MR) is 82.7 cm³/mol. The molecule has 100 valence electrons. The van der Waals surface area contributed by atoms with Crippen molar-refractivity contribution in [2.24, 2.45) is 20.4 Å². The first-order chi connectivity index (χ1) is 9.81. The van der Waals surface area contributed by atoms with Crippen LogP contribution in [0.4, 0.5) is 0 Å². The Hall–Kier alpha value is -2.14. The molecule has 20 heavy (non-hydrogen) atoms. The first kappa shape index (κ1) is 12.9. The minimum absolute atomic E-state index is 0.0779. The molecule has 0 fully saturated rings. The van der Waals surface area contributed by atoms with Crippen molar-refractivity contribution in [3.63, 3.8) is 0 Å². The largest absolute Gasteiger partial charge is 0.179 e. The predicted octanol–water partition coefficient (Wildman–Crippen LogP) is 4.39. The van der Waals surface area contributed by atoms with Crippen LogP contribution >= 0.6 is 11.3 Å². The molecule has 0 saturated carbocycles. The number of amidine groups is 1. The van der Waals surface area contributed by atoms with Crippen LogP contribution in [0.15, 0.2) is 62.9 Å². The van der Waals surface area contributed by atoms with Crippen LogP contribution in [0.2, 0.25) is 0 Å². The summed E-state index contributed by atoms with van der Waals surface area (Å²) >= 11 is 1.70. The molecule has 0 saturated heterocycles. The summed E-state index contributed by atoms with van der Waals surface area (Å²) in [5.41, 5.74) is 1.17. The van der Waals surface area contributed by atoms with E-state index in [0.29, 0.717) is 12.3 Å². The standard InChI is InChI=1S/C15H14N4S/c1-11-7-8-13(20-11)10-16-18-15-9-14(17-19-15)12-5-3-2-4-6-12/h2-8,10,14H,9H2,1H3/b16-10-,18-15-/t14-/m1/s1. The van der Waals surface area contributed by atoms with Crippen molar-refractivity contribution in [3.05, 3.63) is 57.8 Å². The zero-order chi connectivity index (χ0) is 13.8. The molecule has 2 heterocycles. The van der Waals surface area contributed by atoms with Gasteiger partial charge in [-0.2, -0.15) is 10.2 Å². The highest BCUT2D eigenvalue weighted by molar-refractivity contribution is 7.13. The second-order valence-electron chi connectivity index (χ2n) is 4.56. The summed E-state index contributed by atoms with van der Waals surface area (Å²) in [6.45, 7) is 2.07. The maximum Gasteiger partial charge on any atom is 0.175 e. The summed E-state index contributed by atoms with van der Waals surface area (Å²) in [6, 6.07) is 14.3. The molecule has 1 atom stereocenters. The fraction of sp³-hybridized carbons (Fsp3) is 0.200. The molecule has 1 aromatic heterocycles. The summed E-state index contributed by atoms with van der Waals surface area (Å²) in [6.07, 6.45) is 2.47. The highest BCUT2D eigenvalue weighted by Crippen LogP contribution is 2.27. The maximum absolute atomic E-state index is 4.24. The van der Waals surface area contributed by atoms with Crippen LogP contribution in [0.5, 0.6) is 0 Å². The van der Waals surface area contributed by atoms with Gasteiger partial charge < -0.3 is 0 Å².